The van der Waals surface area contributed by atoms with Crippen molar-refractivity contribution in [3.63, 3.8) is 0 Å². The fourth-order valence-electron chi connectivity index (χ4n) is 2.63. The number of aryl methyl sites for hydroxylation is 1. The van der Waals surface area contributed by atoms with Gasteiger partial charge in [-0.25, -0.2) is 4.79 Å². The molecule has 0 spiro atoms. The second kappa shape index (κ2) is 5.89. The number of rotatable bonds is 2. The van der Waals surface area contributed by atoms with Crippen LogP contribution in [0.1, 0.15) is 34.0 Å². The van der Waals surface area contributed by atoms with Crippen molar-refractivity contribution >= 4 is 17.6 Å². The first-order valence-corrected chi connectivity index (χ1v) is 7.32. The lowest BCUT2D eigenvalue weighted by molar-refractivity contribution is 0.0600. The van der Waals surface area contributed by atoms with Crippen molar-refractivity contribution in [1.29, 1.82) is 0 Å². The van der Waals surface area contributed by atoms with E-state index in [2.05, 4.69) is 0 Å². The summed E-state index contributed by atoms with van der Waals surface area (Å²) in [5, 5.41) is 9.92. The number of halogens is 1. The number of hydrogen-bond donors (Lipinski definition) is 1. The lowest BCUT2D eigenvalue weighted by atomic mass is 9.96. The Morgan fingerprint density at radius 1 is 1.32 bits per heavy atom. The molecular weight excluding hydrogens is 304 g/mol. The molecule has 114 valence electrons. The van der Waals surface area contributed by atoms with Crippen LogP contribution in [0.5, 0.6) is 11.5 Å². The number of ether oxygens (including phenoxy) is 2. The summed E-state index contributed by atoms with van der Waals surface area (Å²) < 4.78 is 10.7. The largest absolute Gasteiger partial charge is 0.508 e. The highest BCUT2D eigenvalue weighted by Gasteiger charge is 2.24. The number of methoxy groups -OCH3 is 1. The fraction of sp³-hybridized carbons (Fsp3) is 0.235. The third-order valence-corrected chi connectivity index (χ3v) is 4.08. The van der Waals surface area contributed by atoms with Crippen LogP contribution in [0.3, 0.4) is 0 Å². The molecule has 0 unspecified atom stereocenters. The molecule has 0 bridgehead atoms. The molecular formula is C17H15ClO4. The summed E-state index contributed by atoms with van der Waals surface area (Å²) in [6, 6.07) is 10.1. The Kier molecular flexibility index (Phi) is 3.94. The number of fused-ring (bicyclic) bond motifs is 1. The van der Waals surface area contributed by atoms with Crippen LogP contribution in [0.15, 0.2) is 36.4 Å². The van der Waals surface area contributed by atoms with Crippen molar-refractivity contribution in [2.75, 3.05) is 7.11 Å². The van der Waals surface area contributed by atoms with Crippen LogP contribution in [-0.2, 0) is 11.2 Å². The van der Waals surface area contributed by atoms with Gasteiger partial charge in [-0.2, -0.15) is 0 Å². The molecule has 0 aromatic heterocycles. The molecule has 1 heterocycles. The maximum absolute atomic E-state index is 11.6. The monoisotopic (exact) mass is 318 g/mol. The van der Waals surface area contributed by atoms with Gasteiger partial charge < -0.3 is 14.6 Å². The third-order valence-electron chi connectivity index (χ3n) is 3.76. The number of hydrogen-bond acceptors (Lipinski definition) is 4. The second-order valence-corrected chi connectivity index (χ2v) is 5.57. The summed E-state index contributed by atoms with van der Waals surface area (Å²) in [6.45, 7) is 0. The number of carbonyl (C=O) groups excluding carboxylic acids is 1. The SMILES string of the molecule is COC(=O)c1ccc2c(c1)CC[C@@H](c1ccc(O)cc1Cl)O2. The van der Waals surface area contributed by atoms with Crippen LogP contribution in [0.4, 0.5) is 0 Å². The molecule has 0 fully saturated rings. The first kappa shape index (κ1) is 14.7. The number of phenols is 1. The molecule has 0 radical (unpaired) electrons. The minimum atomic E-state index is -0.355. The quantitative estimate of drug-likeness (QED) is 0.853. The molecule has 0 amide bonds. The van der Waals surface area contributed by atoms with E-state index in [-0.39, 0.29) is 17.8 Å². The van der Waals surface area contributed by atoms with E-state index in [0.717, 1.165) is 29.7 Å². The molecule has 2 aromatic carbocycles. The number of benzene rings is 2. The number of aromatic hydroxyl groups is 1. The molecule has 1 atom stereocenters. The second-order valence-electron chi connectivity index (χ2n) is 5.17. The van der Waals surface area contributed by atoms with Crippen molar-refractivity contribution in [2.24, 2.45) is 0 Å². The highest BCUT2D eigenvalue weighted by Crippen LogP contribution is 2.38. The Morgan fingerprint density at radius 3 is 2.86 bits per heavy atom. The predicted octanol–water partition coefficient (Wildman–Crippen LogP) is 3.90. The van der Waals surface area contributed by atoms with Crippen molar-refractivity contribution in [2.45, 2.75) is 18.9 Å². The van der Waals surface area contributed by atoms with E-state index in [0.29, 0.717) is 10.6 Å². The fourth-order valence-corrected chi connectivity index (χ4v) is 2.93. The van der Waals surface area contributed by atoms with Gasteiger partial charge in [0.05, 0.1) is 17.7 Å². The van der Waals surface area contributed by atoms with Crippen LogP contribution >= 0.6 is 11.6 Å². The van der Waals surface area contributed by atoms with Crippen LogP contribution in [0.2, 0.25) is 5.02 Å². The van der Waals surface area contributed by atoms with E-state index in [4.69, 9.17) is 21.1 Å². The minimum absolute atomic E-state index is 0.132. The van der Waals surface area contributed by atoms with E-state index in [9.17, 15) is 9.90 Å². The maximum Gasteiger partial charge on any atom is 0.337 e. The van der Waals surface area contributed by atoms with Gasteiger partial charge in [-0.05, 0) is 48.7 Å². The minimum Gasteiger partial charge on any atom is -0.508 e. The van der Waals surface area contributed by atoms with Gasteiger partial charge in [0.2, 0.25) is 0 Å². The first-order chi connectivity index (χ1) is 10.6. The number of esters is 1. The van der Waals surface area contributed by atoms with Gasteiger partial charge in [0.15, 0.2) is 0 Å². The summed E-state index contributed by atoms with van der Waals surface area (Å²) in [5.74, 6) is 0.521. The van der Waals surface area contributed by atoms with Gasteiger partial charge in [-0.3, -0.25) is 0 Å². The zero-order chi connectivity index (χ0) is 15.7. The summed E-state index contributed by atoms with van der Waals surface area (Å²) in [4.78, 5) is 11.6. The third kappa shape index (κ3) is 2.74. The van der Waals surface area contributed by atoms with Crippen molar-refractivity contribution in [1.82, 2.24) is 0 Å². The lowest BCUT2D eigenvalue weighted by Crippen LogP contribution is -2.16. The molecule has 2 aromatic rings. The van der Waals surface area contributed by atoms with Gasteiger partial charge in [-0.1, -0.05) is 17.7 Å². The van der Waals surface area contributed by atoms with E-state index in [1.807, 2.05) is 0 Å². The highest BCUT2D eigenvalue weighted by molar-refractivity contribution is 6.31. The average molecular weight is 319 g/mol. The standard InChI is InChI=1S/C17H15ClO4/c1-21-17(20)11-3-6-15-10(8-11)2-7-16(22-15)13-5-4-12(19)9-14(13)18/h3-6,8-9,16,19H,2,7H2,1H3/t16-/m0/s1. The zero-order valence-electron chi connectivity index (χ0n) is 12.0. The lowest BCUT2D eigenvalue weighted by Gasteiger charge is -2.27. The molecule has 0 saturated carbocycles. The van der Waals surface area contributed by atoms with Crippen LogP contribution < -0.4 is 4.74 Å². The van der Waals surface area contributed by atoms with Gasteiger partial charge in [0.25, 0.3) is 0 Å². The number of phenolic OH excluding ortho intramolecular Hbond substituents is 1. The maximum atomic E-state index is 11.6. The van der Waals surface area contributed by atoms with E-state index in [1.54, 1.807) is 30.3 Å². The predicted molar refractivity (Wildman–Crippen MR) is 82.6 cm³/mol. The Hall–Kier alpha value is -2.20. The molecule has 1 N–H and O–H groups in total. The molecule has 0 aliphatic carbocycles. The van der Waals surface area contributed by atoms with Crippen molar-refractivity contribution in [3.8, 4) is 11.5 Å². The molecule has 3 rings (SSSR count). The van der Waals surface area contributed by atoms with Gasteiger partial charge in [0.1, 0.15) is 17.6 Å². The van der Waals surface area contributed by atoms with Crippen LogP contribution in [0.25, 0.3) is 0 Å². The molecule has 4 nitrogen and oxygen atoms in total. The Morgan fingerprint density at radius 2 is 2.14 bits per heavy atom. The summed E-state index contributed by atoms with van der Waals surface area (Å²) in [5.41, 5.74) is 2.35. The van der Waals surface area contributed by atoms with E-state index >= 15 is 0 Å². The first-order valence-electron chi connectivity index (χ1n) is 6.95. The summed E-state index contributed by atoms with van der Waals surface area (Å²) in [6.07, 6.45) is 1.37. The smallest absolute Gasteiger partial charge is 0.337 e. The summed E-state index contributed by atoms with van der Waals surface area (Å²) >= 11 is 6.17. The molecule has 22 heavy (non-hydrogen) atoms. The van der Waals surface area contributed by atoms with Gasteiger partial charge >= 0.3 is 5.97 Å². The van der Waals surface area contributed by atoms with Crippen LogP contribution in [-0.4, -0.2) is 18.2 Å². The summed E-state index contributed by atoms with van der Waals surface area (Å²) in [7, 11) is 1.36. The average Bonchev–Trinajstić information content (AvgIpc) is 2.53. The Labute approximate surface area is 133 Å². The van der Waals surface area contributed by atoms with Gasteiger partial charge in [-0.15, -0.1) is 0 Å². The van der Waals surface area contributed by atoms with Crippen molar-refractivity contribution in [3.05, 3.63) is 58.1 Å². The Bertz CT molecular complexity index is 727. The normalized spacial score (nSPS) is 16.5. The topological polar surface area (TPSA) is 55.8 Å². The number of carbonyl (C=O) groups is 1. The molecule has 0 saturated heterocycles. The van der Waals surface area contributed by atoms with E-state index in [1.165, 1.54) is 13.2 Å². The van der Waals surface area contributed by atoms with Gasteiger partial charge in [0, 0.05) is 5.56 Å². The molecule has 1 aliphatic rings. The zero-order valence-corrected chi connectivity index (χ0v) is 12.8. The van der Waals surface area contributed by atoms with Crippen LogP contribution in [0, 0.1) is 0 Å². The Balaban J connectivity index is 1.86. The molecule has 5 heteroatoms. The van der Waals surface area contributed by atoms with E-state index < -0.39 is 0 Å². The van der Waals surface area contributed by atoms with Crippen molar-refractivity contribution < 1.29 is 19.4 Å². The highest BCUT2D eigenvalue weighted by atomic mass is 35.5. The molecule has 1 aliphatic heterocycles.